The van der Waals surface area contributed by atoms with Crippen LogP contribution in [0.3, 0.4) is 0 Å². The Labute approximate surface area is 143 Å². The number of carbonyl (C=O) groups excluding carboxylic acids is 1. The lowest BCUT2D eigenvalue weighted by Crippen LogP contribution is -2.26. The van der Waals surface area contributed by atoms with Gasteiger partial charge in [0.25, 0.3) is 5.91 Å². The number of benzene rings is 1. The van der Waals surface area contributed by atoms with Crippen molar-refractivity contribution in [1.29, 1.82) is 0 Å². The smallest absolute Gasteiger partial charge is 0.352 e. The maximum Gasteiger partial charge on any atom is 0.447 e. The van der Waals surface area contributed by atoms with Crippen LogP contribution in [-0.2, 0) is 6.42 Å². The summed E-state index contributed by atoms with van der Waals surface area (Å²) in [6.07, 6.45) is 1.79. The van der Waals surface area contributed by atoms with Crippen molar-refractivity contribution in [2.75, 3.05) is 6.54 Å². The lowest BCUT2D eigenvalue weighted by atomic mass is 10.1. The number of carbonyl (C=O) groups is 1. The number of alkyl halides is 3. The summed E-state index contributed by atoms with van der Waals surface area (Å²) in [7, 11) is 0. The summed E-state index contributed by atoms with van der Waals surface area (Å²) in [5.41, 5.74) is -3.57. The highest BCUT2D eigenvalue weighted by Crippen LogP contribution is 2.37. The minimum absolute atomic E-state index is 0.0815. The van der Waals surface area contributed by atoms with E-state index < -0.39 is 23.2 Å². The first-order chi connectivity index (χ1) is 10.9. The molecule has 0 spiro atoms. The molecule has 122 valence electrons. The van der Waals surface area contributed by atoms with Crippen molar-refractivity contribution >= 4 is 33.6 Å². The highest BCUT2D eigenvalue weighted by atomic mass is 79.9. The van der Waals surface area contributed by atoms with E-state index in [4.69, 9.17) is 0 Å². The normalized spacial score (nSPS) is 11.3. The molecule has 0 saturated carbocycles. The number of halogens is 4. The average molecular weight is 405 g/mol. The quantitative estimate of drug-likeness (QED) is 0.749. The van der Waals surface area contributed by atoms with E-state index in [9.17, 15) is 18.0 Å². The van der Waals surface area contributed by atoms with Crippen LogP contribution in [0.25, 0.3) is 0 Å². The number of hydrogen-bond acceptors (Lipinski definition) is 3. The summed E-state index contributed by atoms with van der Waals surface area (Å²) < 4.78 is 38.4. The Kier molecular flexibility index (Phi) is 6.06. The van der Waals surface area contributed by atoms with Gasteiger partial charge in [-0.25, -0.2) is 4.98 Å². The fourth-order valence-electron chi connectivity index (χ4n) is 1.86. The molecule has 0 saturated heterocycles. The van der Waals surface area contributed by atoms with E-state index in [1.54, 1.807) is 0 Å². The molecule has 0 unspecified atom stereocenters. The van der Waals surface area contributed by atoms with Crippen molar-refractivity contribution in [3.63, 3.8) is 0 Å². The van der Waals surface area contributed by atoms with Gasteiger partial charge in [-0.3, -0.25) is 4.79 Å². The second-order valence-electron chi connectivity index (χ2n) is 4.50. The second kappa shape index (κ2) is 7.83. The number of hydrogen-bond donors (Lipinski definition) is 1. The standard InChI is InChI=1S/C15H12BrF3N2OS/c16-12-6-2-1-4-10(12)7-9-20-13(22)11-5-3-8-21-14(11)23-15(17,18)19/h1-6,8H,7,9H2,(H,20,22). The fraction of sp³-hybridized carbons (Fsp3) is 0.200. The van der Waals surface area contributed by atoms with Gasteiger partial charge in [0.2, 0.25) is 0 Å². The van der Waals surface area contributed by atoms with E-state index in [1.165, 1.54) is 18.3 Å². The molecular formula is C15H12BrF3N2OS. The van der Waals surface area contributed by atoms with Gasteiger partial charge < -0.3 is 5.32 Å². The zero-order valence-electron chi connectivity index (χ0n) is 11.7. The minimum atomic E-state index is -4.49. The Morgan fingerprint density at radius 1 is 1.22 bits per heavy atom. The third-order valence-corrected chi connectivity index (χ3v) is 4.39. The number of rotatable bonds is 5. The van der Waals surface area contributed by atoms with E-state index in [1.807, 2.05) is 24.3 Å². The summed E-state index contributed by atoms with van der Waals surface area (Å²) in [6, 6.07) is 10.3. The Morgan fingerprint density at radius 2 is 1.96 bits per heavy atom. The van der Waals surface area contributed by atoms with E-state index in [0.29, 0.717) is 13.0 Å². The molecule has 1 N–H and O–H groups in total. The third-order valence-electron chi connectivity index (χ3n) is 2.87. The predicted molar refractivity (Wildman–Crippen MR) is 86.3 cm³/mol. The van der Waals surface area contributed by atoms with Crippen LogP contribution in [-0.4, -0.2) is 22.9 Å². The number of aromatic nitrogens is 1. The maximum atomic E-state index is 12.5. The van der Waals surface area contributed by atoms with Crippen molar-refractivity contribution < 1.29 is 18.0 Å². The van der Waals surface area contributed by atoms with E-state index in [0.717, 1.165) is 10.0 Å². The molecular weight excluding hydrogens is 393 g/mol. The summed E-state index contributed by atoms with van der Waals surface area (Å²) in [4.78, 5) is 15.7. The van der Waals surface area contributed by atoms with Gasteiger partial charge in [-0.1, -0.05) is 34.1 Å². The van der Waals surface area contributed by atoms with Gasteiger partial charge >= 0.3 is 5.51 Å². The summed E-state index contributed by atoms with van der Waals surface area (Å²) in [5.74, 6) is -0.572. The van der Waals surface area contributed by atoms with Crippen LogP contribution in [0.1, 0.15) is 15.9 Å². The van der Waals surface area contributed by atoms with E-state index >= 15 is 0 Å². The lowest BCUT2D eigenvalue weighted by Gasteiger charge is -2.10. The average Bonchev–Trinajstić information content (AvgIpc) is 2.48. The van der Waals surface area contributed by atoms with Crippen LogP contribution in [0.15, 0.2) is 52.1 Å². The molecule has 3 nitrogen and oxygen atoms in total. The Balaban J connectivity index is 2.00. The monoisotopic (exact) mass is 404 g/mol. The van der Waals surface area contributed by atoms with Gasteiger partial charge in [0.1, 0.15) is 5.03 Å². The molecule has 1 heterocycles. The SMILES string of the molecule is O=C(NCCc1ccccc1Br)c1cccnc1SC(F)(F)F. The van der Waals surface area contributed by atoms with Gasteiger partial charge in [0.15, 0.2) is 0 Å². The van der Waals surface area contributed by atoms with Crippen molar-refractivity contribution in [2.24, 2.45) is 0 Å². The first-order valence-corrected chi connectivity index (χ1v) is 8.20. The molecule has 0 aliphatic carbocycles. The minimum Gasteiger partial charge on any atom is -0.352 e. The molecule has 0 aliphatic heterocycles. The molecule has 2 rings (SSSR count). The third kappa shape index (κ3) is 5.54. The zero-order valence-corrected chi connectivity index (χ0v) is 14.1. The van der Waals surface area contributed by atoms with Crippen molar-refractivity contribution in [3.8, 4) is 0 Å². The molecule has 0 atom stereocenters. The fourth-order valence-corrected chi connectivity index (χ4v) is 2.95. The summed E-state index contributed by atoms with van der Waals surface area (Å²) in [5, 5.41) is 2.27. The predicted octanol–water partition coefficient (Wildman–Crippen LogP) is 4.43. The summed E-state index contributed by atoms with van der Waals surface area (Å²) in [6.45, 7) is 0.312. The molecule has 0 radical (unpaired) electrons. The first-order valence-electron chi connectivity index (χ1n) is 6.59. The number of nitrogens with one attached hydrogen (secondary N) is 1. The van der Waals surface area contributed by atoms with Crippen LogP contribution in [0.4, 0.5) is 13.2 Å². The zero-order chi connectivity index (χ0) is 16.9. The van der Waals surface area contributed by atoms with Crippen LogP contribution >= 0.6 is 27.7 Å². The largest absolute Gasteiger partial charge is 0.447 e. The van der Waals surface area contributed by atoms with Gasteiger partial charge in [0, 0.05) is 29.0 Å². The number of thioether (sulfide) groups is 1. The van der Waals surface area contributed by atoms with Crippen LogP contribution < -0.4 is 5.32 Å². The number of pyridine rings is 1. The second-order valence-corrected chi connectivity index (χ2v) is 6.41. The van der Waals surface area contributed by atoms with E-state index in [2.05, 4.69) is 26.2 Å². The van der Waals surface area contributed by atoms with Gasteiger partial charge in [-0.15, -0.1) is 0 Å². The van der Waals surface area contributed by atoms with Gasteiger partial charge in [-0.2, -0.15) is 13.2 Å². The van der Waals surface area contributed by atoms with Gasteiger partial charge in [-0.05, 0) is 30.2 Å². The van der Waals surface area contributed by atoms with Crippen LogP contribution in [0.5, 0.6) is 0 Å². The molecule has 1 aromatic carbocycles. The van der Waals surface area contributed by atoms with E-state index in [-0.39, 0.29) is 10.6 Å². The number of nitrogens with zero attached hydrogens (tertiary/aromatic N) is 1. The highest BCUT2D eigenvalue weighted by molar-refractivity contribution is 9.10. The van der Waals surface area contributed by atoms with Crippen LogP contribution in [0.2, 0.25) is 0 Å². The van der Waals surface area contributed by atoms with Crippen LogP contribution in [0, 0.1) is 0 Å². The molecule has 0 aliphatic rings. The molecule has 0 bridgehead atoms. The first kappa shape index (κ1) is 17.8. The Bertz CT molecular complexity index is 694. The summed E-state index contributed by atoms with van der Waals surface area (Å²) >= 11 is 3.01. The highest BCUT2D eigenvalue weighted by Gasteiger charge is 2.32. The molecule has 1 aromatic heterocycles. The Hall–Kier alpha value is -1.54. The maximum absolute atomic E-state index is 12.5. The number of amides is 1. The topological polar surface area (TPSA) is 42.0 Å². The molecule has 23 heavy (non-hydrogen) atoms. The molecule has 2 aromatic rings. The lowest BCUT2D eigenvalue weighted by molar-refractivity contribution is -0.0329. The Morgan fingerprint density at radius 3 is 2.65 bits per heavy atom. The molecule has 0 fully saturated rings. The molecule has 1 amide bonds. The van der Waals surface area contributed by atoms with Gasteiger partial charge in [0.05, 0.1) is 5.56 Å². The van der Waals surface area contributed by atoms with Crippen molar-refractivity contribution in [2.45, 2.75) is 17.0 Å². The van der Waals surface area contributed by atoms with Crippen molar-refractivity contribution in [1.82, 2.24) is 10.3 Å². The molecule has 8 heteroatoms. The van der Waals surface area contributed by atoms with Crippen molar-refractivity contribution in [3.05, 3.63) is 58.2 Å².